The van der Waals surface area contributed by atoms with Crippen LogP contribution in [0.4, 0.5) is 0 Å². The van der Waals surface area contributed by atoms with E-state index >= 15 is 0 Å². The topological polar surface area (TPSA) is 76.7 Å². The van der Waals surface area contributed by atoms with Crippen LogP contribution in [0.5, 0.6) is 11.5 Å². The first-order valence-electron chi connectivity index (χ1n) is 8.48. The van der Waals surface area contributed by atoms with Gasteiger partial charge in [-0.25, -0.2) is 0 Å². The summed E-state index contributed by atoms with van der Waals surface area (Å²) in [4.78, 5) is 12.5. The monoisotopic (exact) mass is 352 g/mol. The van der Waals surface area contributed by atoms with E-state index in [-0.39, 0.29) is 12.3 Å². The molecule has 1 amide bonds. The molecule has 0 radical (unpaired) electrons. The summed E-state index contributed by atoms with van der Waals surface area (Å²) in [5, 5.41) is 6.24. The normalized spacial score (nSPS) is 20.6. The Morgan fingerprint density at radius 1 is 1.29 bits per heavy atom. The van der Waals surface area contributed by atoms with Crippen LogP contribution in [0.15, 0.2) is 23.1 Å². The van der Waals surface area contributed by atoms with Gasteiger partial charge in [0.2, 0.25) is 5.91 Å². The van der Waals surface area contributed by atoms with Crippen LogP contribution in [0.1, 0.15) is 19.3 Å². The molecule has 2 N–H and O–H groups in total. The predicted molar refractivity (Wildman–Crippen MR) is 91.9 cm³/mol. The molecule has 2 aliphatic rings. The van der Waals surface area contributed by atoms with Gasteiger partial charge in [-0.15, -0.1) is 0 Å². The Bertz CT molecular complexity index is 602. The number of benzene rings is 1. The summed E-state index contributed by atoms with van der Waals surface area (Å²) in [5.41, 5.74) is 0. The Morgan fingerprint density at radius 2 is 2.12 bits per heavy atom. The van der Waals surface area contributed by atoms with Gasteiger partial charge in [0.1, 0.15) is 13.2 Å². The predicted octanol–water partition coefficient (Wildman–Crippen LogP) is 1.07. The van der Waals surface area contributed by atoms with Crippen LogP contribution in [-0.4, -0.2) is 48.7 Å². The maximum absolute atomic E-state index is 12.3. The smallest absolute Gasteiger partial charge is 0.220 e. The Morgan fingerprint density at radius 3 is 2.92 bits per heavy atom. The van der Waals surface area contributed by atoms with Crippen molar-refractivity contribution in [3.63, 3.8) is 0 Å². The quantitative estimate of drug-likeness (QED) is 0.768. The highest BCUT2D eigenvalue weighted by Crippen LogP contribution is 2.31. The minimum absolute atomic E-state index is 0.0353. The van der Waals surface area contributed by atoms with E-state index in [0.29, 0.717) is 47.8 Å². The molecule has 1 aromatic rings. The average molecular weight is 352 g/mol. The van der Waals surface area contributed by atoms with Crippen molar-refractivity contribution >= 4 is 16.7 Å². The number of fused-ring (bicyclic) bond motifs is 1. The van der Waals surface area contributed by atoms with Crippen LogP contribution in [0.3, 0.4) is 0 Å². The molecule has 3 rings (SSSR count). The molecule has 0 saturated carbocycles. The highest BCUT2D eigenvalue weighted by Gasteiger charge is 2.16. The number of carbonyl (C=O) groups excluding carboxylic acids is 1. The molecular weight excluding hydrogens is 328 g/mol. The molecule has 1 fully saturated rings. The van der Waals surface area contributed by atoms with Crippen molar-refractivity contribution in [2.45, 2.75) is 24.2 Å². The van der Waals surface area contributed by atoms with Gasteiger partial charge < -0.3 is 20.1 Å². The minimum atomic E-state index is -1.22. The third-order valence-electron chi connectivity index (χ3n) is 4.33. The SMILES string of the molecule is O=C(CCS(=O)c1ccc2c(c1)OCCO2)NCCC1CCNC1. The van der Waals surface area contributed by atoms with Crippen molar-refractivity contribution in [3.05, 3.63) is 18.2 Å². The highest BCUT2D eigenvalue weighted by atomic mass is 32.2. The fraction of sp³-hybridized carbons (Fsp3) is 0.588. The Labute approximate surface area is 144 Å². The zero-order chi connectivity index (χ0) is 16.8. The molecular formula is C17H24N2O4S. The van der Waals surface area contributed by atoms with E-state index in [0.717, 1.165) is 19.5 Å². The second-order valence-corrected chi connectivity index (χ2v) is 7.67. The van der Waals surface area contributed by atoms with Crippen molar-refractivity contribution in [1.29, 1.82) is 0 Å². The van der Waals surface area contributed by atoms with Crippen molar-refractivity contribution in [3.8, 4) is 11.5 Å². The summed E-state index contributed by atoms with van der Waals surface area (Å²) in [6.45, 7) is 3.85. The molecule has 2 heterocycles. The van der Waals surface area contributed by atoms with Gasteiger partial charge in [0.05, 0.1) is 10.8 Å². The summed E-state index contributed by atoms with van der Waals surface area (Å²) >= 11 is 0. The lowest BCUT2D eigenvalue weighted by atomic mass is 10.1. The summed E-state index contributed by atoms with van der Waals surface area (Å²) in [6, 6.07) is 5.29. The van der Waals surface area contributed by atoms with Gasteiger partial charge in [-0.05, 0) is 44.0 Å². The minimum Gasteiger partial charge on any atom is -0.486 e. The molecule has 1 saturated heterocycles. The van der Waals surface area contributed by atoms with E-state index in [4.69, 9.17) is 9.47 Å². The van der Waals surface area contributed by atoms with Crippen LogP contribution < -0.4 is 20.1 Å². The molecule has 2 unspecified atom stereocenters. The second-order valence-electron chi connectivity index (χ2n) is 6.10. The zero-order valence-corrected chi connectivity index (χ0v) is 14.5. The molecule has 2 aliphatic heterocycles. The standard InChI is InChI=1S/C17H24N2O4S/c20-17(19-7-4-13-3-6-18-12-13)5-10-24(21)14-1-2-15-16(11-14)23-9-8-22-15/h1-2,11,13,18H,3-10,12H2,(H,19,20). The van der Waals surface area contributed by atoms with E-state index in [9.17, 15) is 9.00 Å². The largest absolute Gasteiger partial charge is 0.486 e. The van der Waals surface area contributed by atoms with Gasteiger partial charge >= 0.3 is 0 Å². The van der Waals surface area contributed by atoms with Gasteiger partial charge in [0, 0.05) is 29.7 Å². The zero-order valence-electron chi connectivity index (χ0n) is 13.7. The number of hydrogen-bond donors (Lipinski definition) is 2. The van der Waals surface area contributed by atoms with Crippen LogP contribution in [-0.2, 0) is 15.6 Å². The number of nitrogens with one attached hydrogen (secondary N) is 2. The summed E-state index contributed by atoms with van der Waals surface area (Å²) in [7, 11) is -1.22. The lowest BCUT2D eigenvalue weighted by Gasteiger charge is -2.18. The van der Waals surface area contributed by atoms with Crippen molar-refractivity contribution in [1.82, 2.24) is 10.6 Å². The Kier molecular flexibility index (Phi) is 6.09. The third-order valence-corrected chi connectivity index (χ3v) is 5.68. The van der Waals surface area contributed by atoms with Crippen LogP contribution >= 0.6 is 0 Å². The molecule has 1 aromatic carbocycles. The number of hydrogen-bond acceptors (Lipinski definition) is 5. The number of rotatable bonds is 7. The number of ether oxygens (including phenoxy) is 2. The van der Waals surface area contributed by atoms with Crippen molar-refractivity contribution in [2.75, 3.05) is 38.6 Å². The fourth-order valence-corrected chi connectivity index (χ4v) is 4.00. The van der Waals surface area contributed by atoms with Gasteiger partial charge in [0.15, 0.2) is 11.5 Å². The summed E-state index contributed by atoms with van der Waals surface area (Å²) < 4.78 is 23.3. The highest BCUT2D eigenvalue weighted by molar-refractivity contribution is 7.85. The Balaban J connectivity index is 1.40. The number of amides is 1. The number of carbonyl (C=O) groups is 1. The molecule has 0 bridgehead atoms. The second kappa shape index (κ2) is 8.48. The van der Waals surface area contributed by atoms with Crippen LogP contribution in [0.25, 0.3) is 0 Å². The fourth-order valence-electron chi connectivity index (χ4n) is 2.93. The molecule has 0 aromatic heterocycles. The maximum atomic E-state index is 12.3. The first-order valence-corrected chi connectivity index (χ1v) is 9.80. The molecule has 7 heteroatoms. The maximum Gasteiger partial charge on any atom is 0.220 e. The molecule has 0 aliphatic carbocycles. The molecule has 132 valence electrons. The van der Waals surface area contributed by atoms with Crippen LogP contribution in [0, 0.1) is 5.92 Å². The summed E-state index contributed by atoms with van der Waals surface area (Å²) in [5.74, 6) is 2.25. The summed E-state index contributed by atoms with van der Waals surface area (Å²) in [6.07, 6.45) is 2.46. The molecule has 6 nitrogen and oxygen atoms in total. The van der Waals surface area contributed by atoms with Gasteiger partial charge in [-0.1, -0.05) is 0 Å². The van der Waals surface area contributed by atoms with E-state index in [2.05, 4.69) is 10.6 Å². The first kappa shape index (κ1) is 17.2. The molecule has 2 atom stereocenters. The first-order chi connectivity index (χ1) is 11.7. The molecule has 24 heavy (non-hydrogen) atoms. The van der Waals surface area contributed by atoms with Crippen molar-refractivity contribution in [2.24, 2.45) is 5.92 Å². The van der Waals surface area contributed by atoms with Gasteiger partial charge in [0.25, 0.3) is 0 Å². The van der Waals surface area contributed by atoms with E-state index in [1.54, 1.807) is 18.2 Å². The van der Waals surface area contributed by atoms with Gasteiger partial charge in [-0.2, -0.15) is 0 Å². The van der Waals surface area contributed by atoms with E-state index < -0.39 is 10.8 Å². The van der Waals surface area contributed by atoms with E-state index in [1.807, 2.05) is 0 Å². The van der Waals surface area contributed by atoms with E-state index in [1.165, 1.54) is 6.42 Å². The third kappa shape index (κ3) is 4.70. The average Bonchev–Trinajstić information content (AvgIpc) is 3.12. The van der Waals surface area contributed by atoms with Crippen LogP contribution in [0.2, 0.25) is 0 Å². The van der Waals surface area contributed by atoms with Crippen molar-refractivity contribution < 1.29 is 18.5 Å². The Hall–Kier alpha value is -1.60. The van der Waals surface area contributed by atoms with Gasteiger partial charge in [-0.3, -0.25) is 9.00 Å². The molecule has 0 spiro atoms. The lowest BCUT2D eigenvalue weighted by Crippen LogP contribution is -2.27. The lowest BCUT2D eigenvalue weighted by molar-refractivity contribution is -0.120.